The van der Waals surface area contributed by atoms with Gasteiger partial charge in [0.05, 0.1) is 17.0 Å². The van der Waals surface area contributed by atoms with E-state index in [1.807, 2.05) is 6.92 Å². The maximum Gasteiger partial charge on any atom is 0.307 e. The molecule has 0 fully saturated rings. The van der Waals surface area contributed by atoms with Crippen molar-refractivity contribution >= 4 is 11.7 Å². The molecule has 0 aliphatic heterocycles. The van der Waals surface area contributed by atoms with E-state index in [2.05, 4.69) is 5.10 Å². The second kappa shape index (κ2) is 5.35. The number of hydrogen-bond donors (Lipinski definition) is 1. The Hall–Kier alpha value is -2.70. The fourth-order valence-electron chi connectivity index (χ4n) is 2.27. The smallest absolute Gasteiger partial charge is 0.307 e. The monoisotopic (exact) mass is 289 g/mol. The maximum atomic E-state index is 11.2. The highest BCUT2D eigenvalue weighted by Gasteiger charge is 2.21. The molecule has 0 amide bonds. The van der Waals surface area contributed by atoms with Crippen molar-refractivity contribution < 1.29 is 14.8 Å². The van der Waals surface area contributed by atoms with E-state index in [4.69, 9.17) is 5.11 Å². The molecule has 7 heteroatoms. The van der Waals surface area contributed by atoms with Crippen LogP contribution in [-0.4, -0.2) is 25.8 Å². The Balaban J connectivity index is 2.65. The first-order valence-corrected chi connectivity index (χ1v) is 6.33. The topological polar surface area (TPSA) is 98.3 Å². The fourth-order valence-corrected chi connectivity index (χ4v) is 2.27. The summed E-state index contributed by atoms with van der Waals surface area (Å²) in [7, 11) is 0. The zero-order valence-corrected chi connectivity index (χ0v) is 12.0. The van der Waals surface area contributed by atoms with Gasteiger partial charge in [-0.25, -0.2) is 4.68 Å². The van der Waals surface area contributed by atoms with E-state index in [1.54, 1.807) is 26.0 Å². The third kappa shape index (κ3) is 2.76. The lowest BCUT2D eigenvalue weighted by atomic mass is 10.1. The minimum atomic E-state index is -0.959. The summed E-state index contributed by atoms with van der Waals surface area (Å²) in [5, 5.41) is 24.4. The molecule has 1 N–H and O–H groups in total. The van der Waals surface area contributed by atoms with Gasteiger partial charge >= 0.3 is 5.97 Å². The Morgan fingerprint density at radius 2 is 2.05 bits per heavy atom. The van der Waals surface area contributed by atoms with Crippen LogP contribution in [0.2, 0.25) is 0 Å². The molecule has 21 heavy (non-hydrogen) atoms. The molecular formula is C14H15N3O4. The summed E-state index contributed by atoms with van der Waals surface area (Å²) in [4.78, 5) is 21.6. The molecule has 0 saturated heterocycles. The molecule has 0 aliphatic rings. The first-order valence-electron chi connectivity index (χ1n) is 6.33. The third-order valence-corrected chi connectivity index (χ3v) is 3.32. The maximum absolute atomic E-state index is 11.2. The van der Waals surface area contributed by atoms with Crippen molar-refractivity contribution in [2.24, 2.45) is 0 Å². The van der Waals surface area contributed by atoms with Gasteiger partial charge in [-0.2, -0.15) is 5.10 Å². The van der Waals surface area contributed by atoms with E-state index in [-0.39, 0.29) is 12.1 Å². The van der Waals surface area contributed by atoms with Crippen LogP contribution in [0.3, 0.4) is 0 Å². The first kappa shape index (κ1) is 14.7. The number of carboxylic acid groups (broad SMARTS) is 1. The summed E-state index contributed by atoms with van der Waals surface area (Å²) in [6.07, 6.45) is -0.155. The van der Waals surface area contributed by atoms with Crippen molar-refractivity contribution in [1.82, 2.24) is 9.78 Å². The van der Waals surface area contributed by atoms with Gasteiger partial charge in [0, 0.05) is 17.3 Å². The lowest BCUT2D eigenvalue weighted by Crippen LogP contribution is -2.06. The number of nitrogens with zero attached hydrogens (tertiary/aromatic N) is 3. The van der Waals surface area contributed by atoms with Crippen LogP contribution in [0.5, 0.6) is 0 Å². The number of carbonyl (C=O) groups is 1. The van der Waals surface area contributed by atoms with Crippen LogP contribution in [0, 0.1) is 30.9 Å². The molecule has 0 saturated carbocycles. The van der Waals surface area contributed by atoms with Crippen molar-refractivity contribution in [3.8, 4) is 5.69 Å². The fraction of sp³-hybridized carbons (Fsp3) is 0.286. The summed E-state index contributed by atoms with van der Waals surface area (Å²) in [5.74, 6) is -0.959. The molecule has 7 nitrogen and oxygen atoms in total. The quantitative estimate of drug-likeness (QED) is 0.688. The van der Waals surface area contributed by atoms with Gasteiger partial charge in [-0.15, -0.1) is 0 Å². The van der Waals surface area contributed by atoms with Gasteiger partial charge in [0.2, 0.25) is 0 Å². The van der Waals surface area contributed by atoms with Gasteiger partial charge < -0.3 is 5.11 Å². The lowest BCUT2D eigenvalue weighted by molar-refractivity contribution is -0.384. The molecule has 0 spiro atoms. The van der Waals surface area contributed by atoms with Crippen LogP contribution in [0.15, 0.2) is 18.2 Å². The molecule has 0 radical (unpaired) electrons. The molecule has 0 aliphatic carbocycles. The molecule has 0 bridgehead atoms. The number of hydrogen-bond acceptors (Lipinski definition) is 4. The van der Waals surface area contributed by atoms with Crippen molar-refractivity contribution in [2.75, 3.05) is 0 Å². The van der Waals surface area contributed by atoms with Crippen LogP contribution < -0.4 is 0 Å². The normalized spacial score (nSPS) is 10.6. The molecule has 1 heterocycles. The Bertz CT molecular complexity index is 734. The van der Waals surface area contributed by atoms with Crippen LogP contribution in [0.25, 0.3) is 5.69 Å². The predicted molar refractivity (Wildman–Crippen MR) is 75.8 cm³/mol. The Morgan fingerprint density at radius 3 is 2.62 bits per heavy atom. The number of aliphatic carboxylic acids is 1. The number of carboxylic acids is 1. The molecule has 0 unspecified atom stereocenters. The molecule has 1 aromatic heterocycles. The van der Waals surface area contributed by atoms with E-state index < -0.39 is 10.9 Å². The summed E-state index contributed by atoms with van der Waals surface area (Å²) in [6, 6.07) is 4.76. The largest absolute Gasteiger partial charge is 0.481 e. The highest BCUT2D eigenvalue weighted by molar-refractivity contribution is 5.71. The molecule has 110 valence electrons. The number of aromatic nitrogens is 2. The van der Waals surface area contributed by atoms with E-state index in [0.717, 1.165) is 5.56 Å². The highest BCUT2D eigenvalue weighted by Crippen LogP contribution is 2.27. The second-order valence-electron chi connectivity index (χ2n) is 4.88. The summed E-state index contributed by atoms with van der Waals surface area (Å²) >= 11 is 0. The first-order chi connectivity index (χ1) is 9.81. The van der Waals surface area contributed by atoms with Gasteiger partial charge in [-0.1, -0.05) is 6.07 Å². The SMILES string of the molecule is Cc1ccc([N+](=O)[O-])c(-n2nc(C)c(CC(=O)O)c2C)c1. The Labute approximate surface area is 121 Å². The zero-order chi connectivity index (χ0) is 15.7. The van der Waals surface area contributed by atoms with Crippen LogP contribution >= 0.6 is 0 Å². The van der Waals surface area contributed by atoms with E-state index in [9.17, 15) is 14.9 Å². The van der Waals surface area contributed by atoms with Crippen LogP contribution in [0.1, 0.15) is 22.5 Å². The minimum Gasteiger partial charge on any atom is -0.481 e. The lowest BCUT2D eigenvalue weighted by Gasteiger charge is -2.07. The third-order valence-electron chi connectivity index (χ3n) is 3.32. The minimum absolute atomic E-state index is 0.0620. The average Bonchev–Trinajstić information content (AvgIpc) is 2.65. The summed E-state index contributed by atoms with van der Waals surface area (Å²) < 4.78 is 1.44. The molecule has 1 aromatic carbocycles. The van der Waals surface area contributed by atoms with Gasteiger partial charge in [-0.05, 0) is 32.4 Å². The van der Waals surface area contributed by atoms with Crippen molar-refractivity contribution in [3.05, 3.63) is 50.8 Å². The summed E-state index contributed by atoms with van der Waals surface area (Å²) in [5.41, 5.74) is 2.89. The summed E-state index contributed by atoms with van der Waals surface area (Å²) in [6.45, 7) is 5.24. The average molecular weight is 289 g/mol. The van der Waals surface area contributed by atoms with Crippen molar-refractivity contribution in [1.29, 1.82) is 0 Å². The standard InChI is InChI=1S/C14H15N3O4/c1-8-4-5-12(17(20)21)13(6-8)16-10(3)11(7-14(18)19)9(2)15-16/h4-6H,7H2,1-3H3,(H,18,19). The van der Waals surface area contributed by atoms with Gasteiger partial charge in [0.25, 0.3) is 5.69 Å². The van der Waals surface area contributed by atoms with E-state index in [1.165, 1.54) is 10.7 Å². The molecule has 2 aromatic rings. The molecule has 2 rings (SSSR count). The molecule has 0 atom stereocenters. The predicted octanol–water partition coefficient (Wildman–Crippen LogP) is 2.33. The Morgan fingerprint density at radius 1 is 1.38 bits per heavy atom. The van der Waals surface area contributed by atoms with Crippen molar-refractivity contribution in [3.63, 3.8) is 0 Å². The zero-order valence-electron chi connectivity index (χ0n) is 12.0. The van der Waals surface area contributed by atoms with Crippen LogP contribution in [-0.2, 0) is 11.2 Å². The van der Waals surface area contributed by atoms with E-state index in [0.29, 0.717) is 22.6 Å². The highest BCUT2D eigenvalue weighted by atomic mass is 16.6. The molecular weight excluding hydrogens is 274 g/mol. The Kier molecular flexibility index (Phi) is 3.75. The second-order valence-corrected chi connectivity index (χ2v) is 4.88. The van der Waals surface area contributed by atoms with Gasteiger partial charge in [-0.3, -0.25) is 14.9 Å². The van der Waals surface area contributed by atoms with Crippen LogP contribution in [0.4, 0.5) is 5.69 Å². The van der Waals surface area contributed by atoms with Gasteiger partial charge in [0.1, 0.15) is 5.69 Å². The number of rotatable bonds is 4. The number of benzene rings is 1. The van der Waals surface area contributed by atoms with E-state index >= 15 is 0 Å². The van der Waals surface area contributed by atoms with Gasteiger partial charge in [0.15, 0.2) is 0 Å². The van der Waals surface area contributed by atoms with Crippen molar-refractivity contribution in [2.45, 2.75) is 27.2 Å². The number of aryl methyl sites for hydroxylation is 2. The number of nitro groups is 1. The number of nitro benzene ring substituents is 1.